The highest BCUT2D eigenvalue weighted by Crippen LogP contribution is 2.55. The molecule has 1 saturated carbocycles. The van der Waals surface area contributed by atoms with Crippen LogP contribution < -0.4 is 10.5 Å². The van der Waals surface area contributed by atoms with Gasteiger partial charge in [-0.1, -0.05) is 29.8 Å². The van der Waals surface area contributed by atoms with Crippen molar-refractivity contribution in [3.8, 4) is 5.75 Å². The monoisotopic (exact) mass is 361 g/mol. The number of benzene rings is 2. The van der Waals surface area contributed by atoms with Gasteiger partial charge in [0.15, 0.2) is 9.84 Å². The maximum atomic E-state index is 13.0. The highest BCUT2D eigenvalue weighted by Gasteiger charge is 2.74. The van der Waals surface area contributed by atoms with Crippen LogP contribution >= 0.6 is 0 Å². The standard InChI is InChI=1S/C18H19NO5S/c1-11-3-9-14(10-4-11)25(22,23)16-15(18(16,19)17(20)21)12-5-7-13(24-2)8-6-12/h3-10,15-16H,19H2,1-2H3,(H,20,21)/t15-,16+,18-/m1/s1. The van der Waals surface area contributed by atoms with Crippen molar-refractivity contribution in [3.63, 3.8) is 0 Å². The van der Waals surface area contributed by atoms with Gasteiger partial charge in [-0.3, -0.25) is 4.79 Å². The molecule has 2 aromatic rings. The number of methoxy groups -OCH3 is 1. The van der Waals surface area contributed by atoms with E-state index in [9.17, 15) is 18.3 Å². The molecule has 3 atom stereocenters. The van der Waals surface area contributed by atoms with E-state index in [2.05, 4.69) is 0 Å². The number of rotatable bonds is 5. The lowest BCUT2D eigenvalue weighted by Gasteiger charge is -2.07. The Balaban J connectivity index is 2.03. The summed E-state index contributed by atoms with van der Waals surface area (Å²) in [5, 5.41) is 8.34. The Labute approximate surface area is 146 Å². The van der Waals surface area contributed by atoms with Gasteiger partial charge in [0.2, 0.25) is 0 Å². The van der Waals surface area contributed by atoms with Crippen LogP contribution in [-0.4, -0.2) is 37.4 Å². The van der Waals surface area contributed by atoms with Gasteiger partial charge in [0.25, 0.3) is 0 Å². The average Bonchev–Trinajstić information content (AvgIpc) is 3.24. The number of aliphatic carboxylic acids is 1. The van der Waals surface area contributed by atoms with Crippen LogP contribution in [0.5, 0.6) is 5.75 Å². The second-order valence-electron chi connectivity index (χ2n) is 6.27. The second-order valence-corrected chi connectivity index (χ2v) is 8.34. The molecule has 25 heavy (non-hydrogen) atoms. The summed E-state index contributed by atoms with van der Waals surface area (Å²) in [4.78, 5) is 11.8. The van der Waals surface area contributed by atoms with Crippen LogP contribution in [-0.2, 0) is 14.6 Å². The molecule has 0 amide bonds. The van der Waals surface area contributed by atoms with Crippen molar-refractivity contribution in [3.05, 3.63) is 59.7 Å². The average molecular weight is 361 g/mol. The Hall–Kier alpha value is -2.38. The zero-order valence-electron chi connectivity index (χ0n) is 13.8. The molecule has 0 radical (unpaired) electrons. The first-order chi connectivity index (χ1) is 11.7. The zero-order chi connectivity index (χ0) is 18.4. The molecular weight excluding hydrogens is 342 g/mol. The molecule has 132 valence electrons. The van der Waals surface area contributed by atoms with E-state index in [0.29, 0.717) is 11.3 Å². The maximum Gasteiger partial charge on any atom is 0.325 e. The lowest BCUT2D eigenvalue weighted by atomic mass is 10.1. The van der Waals surface area contributed by atoms with Crippen molar-refractivity contribution in [1.82, 2.24) is 0 Å². The summed E-state index contributed by atoms with van der Waals surface area (Å²) in [6, 6.07) is 12.9. The molecule has 1 aliphatic carbocycles. The lowest BCUT2D eigenvalue weighted by molar-refractivity contribution is -0.139. The molecule has 2 aromatic carbocycles. The van der Waals surface area contributed by atoms with Crippen molar-refractivity contribution in [2.45, 2.75) is 28.5 Å². The number of hydrogen-bond acceptors (Lipinski definition) is 5. The fourth-order valence-electron chi connectivity index (χ4n) is 3.20. The number of carbonyl (C=O) groups is 1. The van der Waals surface area contributed by atoms with Crippen LogP contribution in [0.1, 0.15) is 17.0 Å². The van der Waals surface area contributed by atoms with E-state index in [1.165, 1.54) is 19.2 Å². The van der Waals surface area contributed by atoms with E-state index in [-0.39, 0.29) is 4.90 Å². The molecule has 0 saturated heterocycles. The summed E-state index contributed by atoms with van der Waals surface area (Å²) in [5.41, 5.74) is 5.65. The Morgan fingerprint density at radius 3 is 2.16 bits per heavy atom. The molecule has 0 heterocycles. The fourth-order valence-corrected chi connectivity index (χ4v) is 5.43. The molecule has 0 aromatic heterocycles. The molecule has 0 unspecified atom stereocenters. The summed E-state index contributed by atoms with van der Waals surface area (Å²) < 4.78 is 31.0. The minimum atomic E-state index is -3.89. The van der Waals surface area contributed by atoms with Gasteiger partial charge in [0.1, 0.15) is 16.5 Å². The number of hydrogen-bond donors (Lipinski definition) is 2. The normalized spacial score (nSPS) is 25.4. The first kappa shape index (κ1) is 17.4. The zero-order valence-corrected chi connectivity index (χ0v) is 14.7. The molecule has 3 rings (SSSR count). The van der Waals surface area contributed by atoms with Gasteiger partial charge in [-0.15, -0.1) is 0 Å². The van der Waals surface area contributed by atoms with Crippen LogP contribution in [0.3, 0.4) is 0 Å². The minimum Gasteiger partial charge on any atom is -0.497 e. The number of nitrogens with two attached hydrogens (primary N) is 1. The summed E-state index contributed by atoms with van der Waals surface area (Å²) in [7, 11) is -2.37. The quantitative estimate of drug-likeness (QED) is 0.840. The fraction of sp³-hybridized carbons (Fsp3) is 0.278. The Kier molecular flexibility index (Phi) is 4.09. The third-order valence-corrected chi connectivity index (χ3v) is 6.97. The van der Waals surface area contributed by atoms with Gasteiger partial charge < -0.3 is 15.6 Å². The second kappa shape index (κ2) is 5.86. The summed E-state index contributed by atoms with van der Waals surface area (Å²) in [6.45, 7) is 1.85. The van der Waals surface area contributed by atoms with Crippen molar-refractivity contribution in [1.29, 1.82) is 0 Å². The lowest BCUT2D eigenvalue weighted by Crippen LogP contribution is -2.39. The van der Waals surface area contributed by atoms with E-state index in [1.54, 1.807) is 36.4 Å². The molecule has 6 nitrogen and oxygen atoms in total. The van der Waals surface area contributed by atoms with Crippen LogP contribution in [0.4, 0.5) is 0 Å². The van der Waals surface area contributed by atoms with Gasteiger partial charge in [-0.2, -0.15) is 0 Å². The third kappa shape index (κ3) is 2.69. The first-order valence-electron chi connectivity index (χ1n) is 7.69. The van der Waals surface area contributed by atoms with Crippen molar-refractivity contribution >= 4 is 15.8 Å². The van der Waals surface area contributed by atoms with Crippen molar-refractivity contribution < 1.29 is 23.1 Å². The van der Waals surface area contributed by atoms with E-state index in [0.717, 1.165) is 5.56 Å². The van der Waals surface area contributed by atoms with E-state index in [4.69, 9.17) is 10.5 Å². The Bertz CT molecular complexity index is 905. The molecule has 3 N–H and O–H groups in total. The van der Waals surface area contributed by atoms with Crippen molar-refractivity contribution in [2.24, 2.45) is 5.73 Å². The number of aryl methyl sites for hydroxylation is 1. The molecule has 1 fully saturated rings. The van der Waals surface area contributed by atoms with Gasteiger partial charge in [0.05, 0.1) is 12.0 Å². The molecule has 1 aliphatic rings. The summed E-state index contributed by atoms with van der Waals surface area (Å²) >= 11 is 0. The van der Waals surface area contributed by atoms with E-state index >= 15 is 0 Å². The smallest absolute Gasteiger partial charge is 0.325 e. The summed E-state index contributed by atoms with van der Waals surface area (Å²) in [6.07, 6.45) is 0. The summed E-state index contributed by atoms with van der Waals surface area (Å²) in [5.74, 6) is -1.54. The molecule has 0 spiro atoms. The molecule has 0 aliphatic heterocycles. The minimum absolute atomic E-state index is 0.0789. The maximum absolute atomic E-state index is 13.0. The van der Waals surface area contributed by atoms with Crippen LogP contribution in [0.25, 0.3) is 0 Å². The Morgan fingerprint density at radius 2 is 1.68 bits per heavy atom. The number of carboxylic acids is 1. The largest absolute Gasteiger partial charge is 0.497 e. The van der Waals surface area contributed by atoms with E-state index < -0.39 is 32.5 Å². The molecular formula is C18H19NO5S. The highest BCUT2D eigenvalue weighted by molar-refractivity contribution is 7.92. The predicted molar refractivity (Wildman–Crippen MR) is 92.4 cm³/mol. The topological polar surface area (TPSA) is 107 Å². The first-order valence-corrected chi connectivity index (χ1v) is 9.24. The third-order valence-electron chi connectivity index (χ3n) is 4.71. The van der Waals surface area contributed by atoms with Gasteiger partial charge in [-0.05, 0) is 36.8 Å². The molecule has 7 heteroatoms. The SMILES string of the molecule is COc1ccc([C@@H]2[C@H](S(=O)(=O)c3ccc(C)cc3)[C@@]2(N)C(=O)O)cc1. The number of ether oxygens (including phenoxy) is 1. The van der Waals surface area contributed by atoms with Gasteiger partial charge >= 0.3 is 5.97 Å². The van der Waals surface area contributed by atoms with E-state index in [1.807, 2.05) is 6.92 Å². The number of carboxylic acid groups (broad SMARTS) is 1. The Morgan fingerprint density at radius 1 is 1.12 bits per heavy atom. The highest BCUT2D eigenvalue weighted by atomic mass is 32.2. The van der Waals surface area contributed by atoms with Crippen LogP contribution in [0.15, 0.2) is 53.4 Å². The van der Waals surface area contributed by atoms with Gasteiger partial charge in [-0.25, -0.2) is 8.42 Å². The van der Waals surface area contributed by atoms with Crippen LogP contribution in [0, 0.1) is 6.92 Å². The number of sulfone groups is 1. The van der Waals surface area contributed by atoms with Crippen molar-refractivity contribution in [2.75, 3.05) is 7.11 Å². The predicted octanol–water partition coefficient (Wildman–Crippen LogP) is 1.73. The molecule has 0 bridgehead atoms. The van der Waals surface area contributed by atoms with Gasteiger partial charge in [0, 0.05) is 5.92 Å². The van der Waals surface area contributed by atoms with Crippen LogP contribution in [0.2, 0.25) is 0 Å².